The number of carboxylic acid groups (broad SMARTS) is 2. The third-order valence-electron chi connectivity index (χ3n) is 10.1. The van der Waals surface area contributed by atoms with Gasteiger partial charge in [-0.3, -0.25) is 9.59 Å². The Morgan fingerprint density at radius 3 is 1.35 bits per heavy atom. The van der Waals surface area contributed by atoms with Crippen LogP contribution in [0.2, 0.25) is 10.0 Å². The van der Waals surface area contributed by atoms with Crippen LogP contribution in [0.1, 0.15) is 72.0 Å². The number of rotatable bonds is 11. The van der Waals surface area contributed by atoms with Gasteiger partial charge in [-0.05, 0) is 67.6 Å². The number of fused-ring (bicyclic) bond motifs is 6. The summed E-state index contributed by atoms with van der Waals surface area (Å²) in [7, 11) is 0. The van der Waals surface area contributed by atoms with Crippen LogP contribution < -0.4 is 15.2 Å². The number of halogens is 8. The highest BCUT2D eigenvalue weighted by molar-refractivity contribution is 6.34. The van der Waals surface area contributed by atoms with Crippen LogP contribution in [0.15, 0.2) is 97.1 Å². The molecule has 9 nitrogen and oxygen atoms in total. The summed E-state index contributed by atoms with van der Waals surface area (Å²) in [6.07, 6.45) is -9.80. The van der Waals surface area contributed by atoms with E-state index >= 15 is 0 Å². The van der Waals surface area contributed by atoms with Crippen LogP contribution in [-0.4, -0.2) is 57.9 Å². The molecule has 0 radical (unpaired) electrons. The first-order valence-electron chi connectivity index (χ1n) is 19.0. The van der Waals surface area contributed by atoms with E-state index in [0.29, 0.717) is 0 Å². The molecule has 5 aromatic carbocycles. The van der Waals surface area contributed by atoms with Crippen molar-refractivity contribution in [1.82, 2.24) is 0 Å². The summed E-state index contributed by atoms with van der Waals surface area (Å²) in [5.74, 6) is -1.92. The molecule has 330 valence electrons. The molecule has 0 aliphatic heterocycles. The summed E-state index contributed by atoms with van der Waals surface area (Å²) in [5.41, 5.74) is 1.05. The summed E-state index contributed by atoms with van der Waals surface area (Å²) in [5, 5.41) is 38.5. The van der Waals surface area contributed by atoms with Crippen LogP contribution in [0.25, 0.3) is 22.3 Å². The molecule has 17 heteroatoms. The van der Waals surface area contributed by atoms with E-state index < -0.39 is 46.6 Å². The molecule has 0 amide bonds. The predicted octanol–water partition coefficient (Wildman–Crippen LogP) is 10.7. The topological polar surface area (TPSA) is 160 Å². The largest absolute Gasteiger partial charge is 0.494 e. The second-order valence-corrected chi connectivity index (χ2v) is 15.4. The van der Waals surface area contributed by atoms with E-state index in [0.717, 1.165) is 12.1 Å². The number of aryl methyl sites for hydroxylation is 1. The monoisotopic (exact) mass is 907 g/mol. The van der Waals surface area contributed by atoms with Gasteiger partial charge in [0.05, 0.1) is 23.3 Å². The van der Waals surface area contributed by atoms with Crippen molar-refractivity contribution in [2.24, 2.45) is 5.73 Å². The molecule has 3 atom stereocenters. The minimum Gasteiger partial charge on any atom is -0.494 e. The van der Waals surface area contributed by atoms with Gasteiger partial charge in [0.1, 0.15) is 11.5 Å². The van der Waals surface area contributed by atoms with Gasteiger partial charge in [0.25, 0.3) is 0 Å². The van der Waals surface area contributed by atoms with Gasteiger partial charge >= 0.3 is 24.3 Å². The summed E-state index contributed by atoms with van der Waals surface area (Å²) in [6.45, 7) is 4.06. The quantitative estimate of drug-likeness (QED) is 0.0642. The molecule has 2 aliphatic rings. The molecule has 0 heterocycles. The van der Waals surface area contributed by atoms with Gasteiger partial charge in [0, 0.05) is 52.3 Å². The van der Waals surface area contributed by atoms with Crippen molar-refractivity contribution in [2.45, 2.75) is 69.1 Å². The number of benzene rings is 5. The third kappa shape index (κ3) is 9.82. The number of aliphatic carboxylic acids is 2. The molecule has 2 unspecified atom stereocenters. The number of hydrogen-bond acceptors (Lipinski definition) is 7. The fourth-order valence-electron chi connectivity index (χ4n) is 7.08. The van der Waals surface area contributed by atoms with E-state index in [1.807, 2.05) is 6.92 Å². The zero-order chi connectivity index (χ0) is 45.8. The summed E-state index contributed by atoms with van der Waals surface area (Å²) < 4.78 is 93.3. The number of carboxylic acids is 2. The molecule has 0 aromatic heterocycles. The first kappa shape index (κ1) is 47.7. The standard InChI is InChI=1S/2C18H14ClF3O4.C9H13N/c2*19-14-9-10(26-7-3-6-15(23)24)8-13-16(14)11-4-1-2-5-12(11)17(13,25)18(20,21)22;1-7-3-5-9(6-4-7)8(2)10/h2*1-2,4-5,8-9,25H,3,6-7H2,(H,23,24);3-6,8H,10H2,1-2H3/t;;8-/m..0/s1. The Balaban J connectivity index is 0.000000192. The molecular formula is C45H41Cl2F6NO8. The van der Waals surface area contributed by atoms with Gasteiger partial charge in [-0.1, -0.05) is 102 Å². The van der Waals surface area contributed by atoms with Crippen molar-refractivity contribution in [2.75, 3.05) is 13.2 Å². The van der Waals surface area contributed by atoms with E-state index in [1.54, 1.807) is 12.1 Å². The van der Waals surface area contributed by atoms with Gasteiger partial charge in [0.2, 0.25) is 11.2 Å². The second-order valence-electron chi connectivity index (χ2n) is 14.6. The number of nitrogens with two attached hydrogens (primary N) is 1. The van der Waals surface area contributed by atoms with Crippen molar-refractivity contribution in [3.8, 4) is 33.8 Å². The predicted molar refractivity (Wildman–Crippen MR) is 220 cm³/mol. The summed E-state index contributed by atoms with van der Waals surface area (Å²) in [6, 6.07) is 24.7. The zero-order valence-electron chi connectivity index (χ0n) is 33.1. The van der Waals surface area contributed by atoms with E-state index in [4.69, 9.17) is 48.6 Å². The maximum atomic E-state index is 13.8. The van der Waals surface area contributed by atoms with E-state index in [1.165, 1.54) is 59.7 Å². The lowest BCUT2D eigenvalue weighted by atomic mass is 9.90. The van der Waals surface area contributed by atoms with Crippen LogP contribution >= 0.6 is 23.2 Å². The molecule has 0 fully saturated rings. The lowest BCUT2D eigenvalue weighted by Gasteiger charge is -2.28. The maximum Gasteiger partial charge on any atom is 0.425 e. The fraction of sp³-hybridized carbons (Fsp3) is 0.289. The molecule has 0 bridgehead atoms. The second kappa shape index (κ2) is 19.0. The zero-order valence-corrected chi connectivity index (χ0v) is 34.6. The van der Waals surface area contributed by atoms with Crippen molar-refractivity contribution < 1.29 is 65.8 Å². The SMILES string of the molecule is Cc1ccc([C@H](C)N)cc1.O=C(O)CCCOc1cc(Cl)c2c(c1)C(O)(C(F)(F)F)c1ccccc1-2.O=C(O)CCCOc1cc(Cl)c2c(c1)C(O)(C(F)(F)F)c1ccccc1-2. The third-order valence-corrected chi connectivity index (χ3v) is 10.7. The molecule has 0 saturated heterocycles. The molecule has 62 heavy (non-hydrogen) atoms. The number of alkyl halides is 6. The van der Waals surface area contributed by atoms with Gasteiger partial charge < -0.3 is 35.6 Å². The number of carbonyl (C=O) groups is 2. The smallest absolute Gasteiger partial charge is 0.425 e. The lowest BCUT2D eigenvalue weighted by Crippen LogP contribution is -2.41. The van der Waals surface area contributed by atoms with Crippen LogP contribution in [0.3, 0.4) is 0 Å². The van der Waals surface area contributed by atoms with Crippen molar-refractivity contribution >= 4 is 35.1 Å². The Hall–Kier alpha value is -5.32. The molecule has 7 rings (SSSR count). The van der Waals surface area contributed by atoms with E-state index in [9.17, 15) is 46.1 Å². The Morgan fingerprint density at radius 2 is 1.02 bits per heavy atom. The van der Waals surface area contributed by atoms with Crippen LogP contribution in [0, 0.1) is 6.92 Å². The minimum atomic E-state index is -4.96. The Labute approximate surface area is 362 Å². The highest BCUT2D eigenvalue weighted by Crippen LogP contribution is 2.59. The minimum absolute atomic E-state index is 0.00118. The first-order valence-corrected chi connectivity index (χ1v) is 19.7. The molecule has 5 aromatic rings. The van der Waals surface area contributed by atoms with Crippen LogP contribution in [0.5, 0.6) is 11.5 Å². The van der Waals surface area contributed by atoms with Gasteiger partial charge in [-0.25, -0.2) is 0 Å². The van der Waals surface area contributed by atoms with E-state index in [2.05, 4.69) is 31.2 Å². The molecule has 0 saturated carbocycles. The average molecular weight is 909 g/mol. The summed E-state index contributed by atoms with van der Waals surface area (Å²) >= 11 is 12.4. The molecule has 0 spiro atoms. The van der Waals surface area contributed by atoms with E-state index in [-0.39, 0.29) is 99.9 Å². The molecular weight excluding hydrogens is 867 g/mol. The van der Waals surface area contributed by atoms with Gasteiger partial charge in [0.15, 0.2) is 0 Å². The highest BCUT2D eigenvalue weighted by Gasteiger charge is 2.62. The number of ether oxygens (including phenoxy) is 2. The van der Waals surface area contributed by atoms with Gasteiger partial charge in [-0.15, -0.1) is 0 Å². The Morgan fingerprint density at radius 1 is 0.645 bits per heavy atom. The Kier molecular flexibility index (Phi) is 14.6. The fourth-order valence-corrected chi connectivity index (χ4v) is 7.70. The Bertz CT molecular complexity index is 2280. The van der Waals surface area contributed by atoms with Gasteiger partial charge in [-0.2, -0.15) is 26.3 Å². The average Bonchev–Trinajstić information content (AvgIpc) is 3.63. The van der Waals surface area contributed by atoms with Crippen LogP contribution in [-0.2, 0) is 20.8 Å². The van der Waals surface area contributed by atoms with Crippen molar-refractivity contribution in [3.05, 3.63) is 140 Å². The van der Waals surface area contributed by atoms with Crippen LogP contribution in [0.4, 0.5) is 26.3 Å². The number of hydrogen-bond donors (Lipinski definition) is 5. The first-order chi connectivity index (χ1) is 29.0. The number of aliphatic hydroxyl groups is 2. The maximum absolute atomic E-state index is 13.8. The normalized spacial score (nSPS) is 17.5. The molecule has 2 aliphatic carbocycles. The molecule has 6 N–H and O–H groups in total. The van der Waals surface area contributed by atoms with Crippen molar-refractivity contribution in [1.29, 1.82) is 0 Å². The lowest BCUT2D eigenvalue weighted by molar-refractivity contribution is -0.247. The summed E-state index contributed by atoms with van der Waals surface area (Å²) in [4.78, 5) is 21.0. The van der Waals surface area contributed by atoms with Crippen molar-refractivity contribution in [3.63, 3.8) is 0 Å². The highest BCUT2D eigenvalue weighted by atomic mass is 35.5.